The van der Waals surface area contributed by atoms with E-state index in [4.69, 9.17) is 5.11 Å². The van der Waals surface area contributed by atoms with Crippen molar-refractivity contribution in [3.8, 4) is 22.8 Å². The Bertz CT molecular complexity index is 1450. The van der Waals surface area contributed by atoms with E-state index in [0.717, 1.165) is 22.0 Å². The SMILES string of the molecule is O=C(O)Oc1cnn(-c2nc3ccc(-c4ccc5cc[nH]c5c4)cc3c(=O)[nH]2)c1. The number of hydrogen-bond acceptors (Lipinski definition) is 5. The third-order valence-electron chi connectivity index (χ3n) is 4.56. The van der Waals surface area contributed by atoms with Crippen LogP contribution in [0.2, 0.25) is 0 Å². The number of aromatic nitrogens is 5. The van der Waals surface area contributed by atoms with Crippen molar-refractivity contribution in [3.05, 3.63) is 71.4 Å². The fraction of sp³-hybridized carbons (Fsp3) is 0. The van der Waals surface area contributed by atoms with Crippen molar-refractivity contribution in [1.82, 2.24) is 24.7 Å². The minimum absolute atomic E-state index is 0.0234. The van der Waals surface area contributed by atoms with Gasteiger partial charge in [-0.3, -0.25) is 9.78 Å². The number of H-pyrrole nitrogens is 2. The van der Waals surface area contributed by atoms with Crippen molar-refractivity contribution in [2.24, 2.45) is 0 Å². The van der Waals surface area contributed by atoms with E-state index in [2.05, 4.69) is 24.8 Å². The Labute approximate surface area is 162 Å². The zero-order valence-corrected chi connectivity index (χ0v) is 14.8. The van der Waals surface area contributed by atoms with Crippen LogP contribution in [0.1, 0.15) is 0 Å². The number of benzene rings is 2. The van der Waals surface area contributed by atoms with Crippen molar-refractivity contribution < 1.29 is 14.6 Å². The zero-order valence-electron chi connectivity index (χ0n) is 14.8. The highest BCUT2D eigenvalue weighted by Crippen LogP contribution is 2.26. The number of fused-ring (bicyclic) bond motifs is 2. The first-order valence-corrected chi connectivity index (χ1v) is 8.64. The van der Waals surface area contributed by atoms with Gasteiger partial charge in [0.05, 0.1) is 23.3 Å². The maximum atomic E-state index is 12.6. The molecule has 0 bridgehead atoms. The summed E-state index contributed by atoms with van der Waals surface area (Å²) in [4.78, 5) is 33.5. The van der Waals surface area contributed by atoms with Gasteiger partial charge in [0, 0.05) is 11.7 Å². The summed E-state index contributed by atoms with van der Waals surface area (Å²) >= 11 is 0. The van der Waals surface area contributed by atoms with Crippen LogP contribution in [0.3, 0.4) is 0 Å². The Morgan fingerprint density at radius 1 is 1.10 bits per heavy atom. The van der Waals surface area contributed by atoms with E-state index in [1.54, 1.807) is 12.1 Å². The van der Waals surface area contributed by atoms with E-state index in [1.165, 1.54) is 17.1 Å². The van der Waals surface area contributed by atoms with Crippen molar-refractivity contribution in [3.63, 3.8) is 0 Å². The minimum Gasteiger partial charge on any atom is -0.449 e. The predicted octanol–water partition coefficient (Wildman–Crippen LogP) is 3.31. The normalized spacial score (nSPS) is 11.2. The molecule has 29 heavy (non-hydrogen) atoms. The molecule has 5 aromatic rings. The Kier molecular flexibility index (Phi) is 3.66. The molecule has 0 fully saturated rings. The molecule has 3 aromatic heterocycles. The highest BCUT2D eigenvalue weighted by atomic mass is 16.7. The highest BCUT2D eigenvalue weighted by molar-refractivity contribution is 5.88. The van der Waals surface area contributed by atoms with Crippen LogP contribution in [-0.2, 0) is 0 Å². The molecule has 142 valence electrons. The fourth-order valence-electron chi connectivity index (χ4n) is 3.22. The zero-order chi connectivity index (χ0) is 20.0. The molecule has 0 aliphatic heterocycles. The van der Waals surface area contributed by atoms with E-state index in [1.807, 2.05) is 36.5 Å². The summed E-state index contributed by atoms with van der Waals surface area (Å²) in [5, 5.41) is 14.2. The van der Waals surface area contributed by atoms with E-state index in [9.17, 15) is 9.59 Å². The summed E-state index contributed by atoms with van der Waals surface area (Å²) in [7, 11) is 0. The Morgan fingerprint density at radius 2 is 1.93 bits per heavy atom. The highest BCUT2D eigenvalue weighted by Gasteiger charge is 2.11. The van der Waals surface area contributed by atoms with Gasteiger partial charge in [-0.25, -0.2) is 14.5 Å². The number of rotatable bonds is 3. The van der Waals surface area contributed by atoms with Crippen LogP contribution in [0.4, 0.5) is 4.79 Å². The third kappa shape index (κ3) is 3.00. The lowest BCUT2D eigenvalue weighted by atomic mass is 10.0. The summed E-state index contributed by atoms with van der Waals surface area (Å²) in [6, 6.07) is 13.5. The molecule has 3 N–H and O–H groups in total. The molecule has 0 spiro atoms. The molecular formula is C20H13N5O4. The number of hydrogen-bond donors (Lipinski definition) is 3. The molecule has 0 aliphatic rings. The van der Waals surface area contributed by atoms with Gasteiger partial charge < -0.3 is 14.8 Å². The molecule has 5 rings (SSSR count). The molecule has 0 radical (unpaired) electrons. The topological polar surface area (TPSA) is 126 Å². The van der Waals surface area contributed by atoms with Gasteiger partial charge in [-0.2, -0.15) is 5.10 Å². The number of carboxylic acid groups (broad SMARTS) is 1. The van der Waals surface area contributed by atoms with Crippen molar-refractivity contribution >= 4 is 28.0 Å². The number of carbonyl (C=O) groups is 1. The number of aromatic amines is 2. The number of nitrogens with one attached hydrogen (secondary N) is 2. The molecule has 0 aliphatic carbocycles. The van der Waals surface area contributed by atoms with Crippen molar-refractivity contribution in [2.45, 2.75) is 0 Å². The van der Waals surface area contributed by atoms with E-state index in [-0.39, 0.29) is 17.3 Å². The first kappa shape index (κ1) is 16.8. The average molecular weight is 387 g/mol. The second-order valence-corrected chi connectivity index (χ2v) is 6.39. The van der Waals surface area contributed by atoms with E-state index < -0.39 is 6.16 Å². The summed E-state index contributed by atoms with van der Waals surface area (Å²) in [6.45, 7) is 0. The van der Waals surface area contributed by atoms with Crippen LogP contribution in [0.15, 0.2) is 65.8 Å². The maximum Gasteiger partial charge on any atom is 0.511 e. The summed E-state index contributed by atoms with van der Waals surface area (Å²) in [6.07, 6.45) is 2.97. The van der Waals surface area contributed by atoms with Crippen LogP contribution in [0.25, 0.3) is 38.9 Å². The monoisotopic (exact) mass is 387 g/mol. The quantitative estimate of drug-likeness (QED) is 0.408. The summed E-state index contributed by atoms with van der Waals surface area (Å²) in [5.41, 5.74) is 3.05. The third-order valence-corrected chi connectivity index (χ3v) is 4.56. The molecule has 0 amide bonds. The standard InChI is InChI=1S/C20H13N5O4/c26-18-15-7-12(13-2-1-11-5-6-21-17(11)8-13)3-4-16(15)23-19(24-18)25-10-14(9-22-25)29-20(27)28/h1-10,21H,(H,27,28)(H,23,24,26). The number of ether oxygens (including phenoxy) is 1. The molecule has 3 heterocycles. The minimum atomic E-state index is -1.45. The van der Waals surface area contributed by atoms with Gasteiger partial charge in [-0.15, -0.1) is 0 Å². The molecule has 0 unspecified atom stereocenters. The lowest BCUT2D eigenvalue weighted by Crippen LogP contribution is -2.13. The molecule has 2 aromatic carbocycles. The number of nitrogens with zero attached hydrogens (tertiary/aromatic N) is 3. The Morgan fingerprint density at radius 3 is 2.79 bits per heavy atom. The van der Waals surface area contributed by atoms with Crippen molar-refractivity contribution in [2.75, 3.05) is 0 Å². The lowest BCUT2D eigenvalue weighted by molar-refractivity contribution is 0.144. The van der Waals surface area contributed by atoms with Gasteiger partial charge in [-0.05, 0) is 40.8 Å². The van der Waals surface area contributed by atoms with E-state index >= 15 is 0 Å². The lowest BCUT2D eigenvalue weighted by Gasteiger charge is -2.06. The maximum absolute atomic E-state index is 12.6. The fourth-order valence-corrected chi connectivity index (χ4v) is 3.22. The second kappa shape index (κ2) is 6.34. The molecule has 9 nitrogen and oxygen atoms in total. The molecular weight excluding hydrogens is 374 g/mol. The Balaban J connectivity index is 1.56. The molecule has 0 saturated heterocycles. The van der Waals surface area contributed by atoms with E-state index in [0.29, 0.717) is 10.9 Å². The van der Waals surface area contributed by atoms with Gasteiger partial charge in [0.25, 0.3) is 5.56 Å². The molecule has 0 saturated carbocycles. The summed E-state index contributed by atoms with van der Waals surface area (Å²) in [5.74, 6) is 0.179. The van der Waals surface area contributed by atoms with Crippen LogP contribution < -0.4 is 10.3 Å². The van der Waals surface area contributed by atoms with Gasteiger partial charge in [-0.1, -0.05) is 18.2 Å². The summed E-state index contributed by atoms with van der Waals surface area (Å²) < 4.78 is 5.78. The van der Waals surface area contributed by atoms with Crippen LogP contribution >= 0.6 is 0 Å². The Hall–Kier alpha value is -4.40. The first-order valence-electron chi connectivity index (χ1n) is 8.64. The van der Waals surface area contributed by atoms with Crippen LogP contribution in [0.5, 0.6) is 5.75 Å². The predicted molar refractivity (Wildman–Crippen MR) is 105 cm³/mol. The average Bonchev–Trinajstić information content (AvgIpc) is 3.36. The largest absolute Gasteiger partial charge is 0.511 e. The van der Waals surface area contributed by atoms with Gasteiger partial charge in [0.15, 0.2) is 5.75 Å². The molecule has 0 atom stereocenters. The smallest absolute Gasteiger partial charge is 0.449 e. The van der Waals surface area contributed by atoms with Crippen LogP contribution in [0, 0.1) is 0 Å². The van der Waals surface area contributed by atoms with Crippen LogP contribution in [-0.4, -0.2) is 36.0 Å². The van der Waals surface area contributed by atoms with Gasteiger partial charge in [0.1, 0.15) is 0 Å². The second-order valence-electron chi connectivity index (χ2n) is 6.39. The van der Waals surface area contributed by atoms with Crippen molar-refractivity contribution in [1.29, 1.82) is 0 Å². The van der Waals surface area contributed by atoms with Gasteiger partial charge in [0.2, 0.25) is 5.95 Å². The first-order chi connectivity index (χ1) is 14.1. The van der Waals surface area contributed by atoms with Gasteiger partial charge >= 0.3 is 6.16 Å². The molecule has 9 heteroatoms.